The lowest BCUT2D eigenvalue weighted by Gasteiger charge is -2.30. The Morgan fingerprint density at radius 3 is 2.42 bits per heavy atom. The highest BCUT2D eigenvalue weighted by Gasteiger charge is 2.28. The van der Waals surface area contributed by atoms with E-state index in [1.165, 1.54) is 0 Å². The van der Waals surface area contributed by atoms with Gasteiger partial charge in [-0.1, -0.05) is 0 Å². The van der Waals surface area contributed by atoms with Gasteiger partial charge in [0.1, 0.15) is 17.1 Å². The fourth-order valence-electron chi connectivity index (χ4n) is 4.19. The van der Waals surface area contributed by atoms with Crippen molar-refractivity contribution in [2.75, 3.05) is 26.3 Å². The van der Waals surface area contributed by atoms with Gasteiger partial charge in [0, 0.05) is 35.7 Å². The standard InChI is InChI=1S/C25H33NO5/c1-7-29-23-17(5)24-21(16(4)18(6)31-24)14-20(23)15(3)13-22(27)26-11-9-19(10-12-26)25(28)30-8-2/h13-14,19H,7-12H2,1-6H3/b15-13+. The second-order valence-electron chi connectivity index (χ2n) is 8.15. The smallest absolute Gasteiger partial charge is 0.309 e. The normalized spacial score (nSPS) is 15.4. The molecule has 1 amide bonds. The number of fused-ring (bicyclic) bond motifs is 1. The summed E-state index contributed by atoms with van der Waals surface area (Å²) in [6.07, 6.45) is 2.95. The molecule has 0 bridgehead atoms. The lowest BCUT2D eigenvalue weighted by molar-refractivity contribution is -0.150. The Kier molecular flexibility index (Phi) is 7.08. The van der Waals surface area contributed by atoms with Crippen LogP contribution in [0.4, 0.5) is 0 Å². The van der Waals surface area contributed by atoms with Gasteiger partial charge in [0.05, 0.1) is 19.1 Å². The van der Waals surface area contributed by atoms with Gasteiger partial charge in [0.25, 0.3) is 0 Å². The first-order valence-corrected chi connectivity index (χ1v) is 11.1. The van der Waals surface area contributed by atoms with Crippen molar-refractivity contribution in [2.45, 2.75) is 54.4 Å². The van der Waals surface area contributed by atoms with Gasteiger partial charge in [-0.05, 0) is 71.6 Å². The molecule has 0 atom stereocenters. The summed E-state index contributed by atoms with van der Waals surface area (Å²) in [5.41, 5.74) is 4.64. The Morgan fingerprint density at radius 1 is 1.13 bits per heavy atom. The summed E-state index contributed by atoms with van der Waals surface area (Å²) in [7, 11) is 0. The highest BCUT2D eigenvalue weighted by atomic mass is 16.5. The number of hydrogen-bond acceptors (Lipinski definition) is 5. The SMILES string of the molecule is CCOC(=O)C1CCN(C(=O)/C=C(\C)c2cc3c(C)c(C)oc3c(C)c2OCC)CC1. The van der Waals surface area contributed by atoms with Crippen LogP contribution >= 0.6 is 0 Å². The molecular weight excluding hydrogens is 394 g/mol. The molecule has 0 unspecified atom stereocenters. The maximum atomic E-state index is 12.9. The van der Waals surface area contributed by atoms with Crippen LogP contribution < -0.4 is 4.74 Å². The zero-order valence-electron chi connectivity index (χ0n) is 19.5. The molecule has 168 valence electrons. The van der Waals surface area contributed by atoms with Gasteiger partial charge in [-0.25, -0.2) is 0 Å². The molecule has 0 saturated carbocycles. The number of aryl methyl sites for hydroxylation is 3. The van der Waals surface area contributed by atoms with E-state index in [0.29, 0.717) is 39.1 Å². The van der Waals surface area contributed by atoms with E-state index in [1.54, 1.807) is 11.0 Å². The molecule has 0 radical (unpaired) electrons. The summed E-state index contributed by atoms with van der Waals surface area (Å²) in [5, 5.41) is 1.05. The first-order chi connectivity index (χ1) is 14.8. The second-order valence-corrected chi connectivity index (χ2v) is 8.15. The van der Waals surface area contributed by atoms with Gasteiger partial charge in [0.2, 0.25) is 5.91 Å². The van der Waals surface area contributed by atoms with E-state index in [2.05, 4.69) is 6.07 Å². The fraction of sp³-hybridized carbons (Fsp3) is 0.520. The third kappa shape index (κ3) is 4.63. The highest BCUT2D eigenvalue weighted by Crippen LogP contribution is 2.39. The minimum Gasteiger partial charge on any atom is -0.493 e. The van der Waals surface area contributed by atoms with Gasteiger partial charge in [-0.2, -0.15) is 0 Å². The molecule has 2 heterocycles. The van der Waals surface area contributed by atoms with E-state index in [-0.39, 0.29) is 17.8 Å². The molecule has 1 saturated heterocycles. The van der Waals surface area contributed by atoms with E-state index in [0.717, 1.165) is 44.7 Å². The van der Waals surface area contributed by atoms with E-state index >= 15 is 0 Å². The number of hydrogen-bond donors (Lipinski definition) is 0. The molecule has 31 heavy (non-hydrogen) atoms. The molecule has 1 aromatic heterocycles. The van der Waals surface area contributed by atoms with Crippen molar-refractivity contribution in [1.82, 2.24) is 4.90 Å². The minimum atomic E-state index is -0.155. The van der Waals surface area contributed by atoms with Crippen molar-refractivity contribution in [3.63, 3.8) is 0 Å². The number of esters is 1. The van der Waals surface area contributed by atoms with Gasteiger partial charge < -0.3 is 18.8 Å². The molecule has 1 aliphatic heterocycles. The summed E-state index contributed by atoms with van der Waals surface area (Å²) in [6.45, 7) is 13.7. The minimum absolute atomic E-state index is 0.0416. The van der Waals surface area contributed by atoms with Crippen LogP contribution in [0.1, 0.15) is 56.1 Å². The van der Waals surface area contributed by atoms with Crippen LogP contribution in [0.3, 0.4) is 0 Å². The van der Waals surface area contributed by atoms with Crippen LogP contribution in [0.25, 0.3) is 16.5 Å². The van der Waals surface area contributed by atoms with Crippen molar-refractivity contribution < 1.29 is 23.5 Å². The summed E-state index contributed by atoms with van der Waals surface area (Å²) >= 11 is 0. The summed E-state index contributed by atoms with van der Waals surface area (Å²) in [6, 6.07) is 2.06. The summed E-state index contributed by atoms with van der Waals surface area (Å²) < 4.78 is 17.0. The molecule has 0 aliphatic carbocycles. The topological polar surface area (TPSA) is 69.0 Å². The third-order valence-corrected chi connectivity index (χ3v) is 6.13. The van der Waals surface area contributed by atoms with Gasteiger partial charge >= 0.3 is 5.97 Å². The maximum absolute atomic E-state index is 12.9. The molecule has 1 aliphatic rings. The number of ether oxygens (including phenoxy) is 2. The van der Waals surface area contributed by atoms with E-state index in [1.807, 2.05) is 41.5 Å². The number of nitrogens with zero attached hydrogens (tertiary/aromatic N) is 1. The van der Waals surface area contributed by atoms with Crippen molar-refractivity contribution in [3.05, 3.63) is 34.6 Å². The quantitative estimate of drug-likeness (QED) is 0.481. The number of furan rings is 1. The molecule has 2 aromatic rings. The average Bonchev–Trinajstić information content (AvgIpc) is 3.04. The molecule has 6 heteroatoms. The predicted molar refractivity (Wildman–Crippen MR) is 121 cm³/mol. The molecule has 0 N–H and O–H groups in total. The summed E-state index contributed by atoms with van der Waals surface area (Å²) in [4.78, 5) is 26.7. The van der Waals surface area contributed by atoms with Gasteiger partial charge in [-0.15, -0.1) is 0 Å². The fourth-order valence-corrected chi connectivity index (χ4v) is 4.19. The van der Waals surface area contributed by atoms with Crippen LogP contribution in [-0.4, -0.2) is 43.1 Å². The second kappa shape index (κ2) is 9.58. The van der Waals surface area contributed by atoms with Gasteiger partial charge in [0.15, 0.2) is 0 Å². The van der Waals surface area contributed by atoms with Crippen LogP contribution in [0.15, 0.2) is 16.6 Å². The Balaban J connectivity index is 1.85. The zero-order valence-corrected chi connectivity index (χ0v) is 19.5. The first-order valence-electron chi connectivity index (χ1n) is 11.1. The van der Waals surface area contributed by atoms with Crippen LogP contribution in [-0.2, 0) is 14.3 Å². The Bertz CT molecular complexity index is 1010. The van der Waals surface area contributed by atoms with Crippen LogP contribution in [0.2, 0.25) is 0 Å². The predicted octanol–water partition coefficient (Wildman–Crippen LogP) is 4.96. The Morgan fingerprint density at radius 2 is 1.81 bits per heavy atom. The highest BCUT2D eigenvalue weighted by molar-refractivity contribution is 5.98. The number of allylic oxidation sites excluding steroid dienone is 1. The lowest BCUT2D eigenvalue weighted by atomic mass is 9.96. The number of benzene rings is 1. The van der Waals surface area contributed by atoms with Gasteiger partial charge in [-0.3, -0.25) is 9.59 Å². The first kappa shape index (κ1) is 22.9. The largest absolute Gasteiger partial charge is 0.493 e. The van der Waals surface area contributed by atoms with Crippen molar-refractivity contribution in [3.8, 4) is 5.75 Å². The van der Waals surface area contributed by atoms with Crippen molar-refractivity contribution in [1.29, 1.82) is 0 Å². The number of carbonyl (C=O) groups is 2. The number of likely N-dealkylation sites (tertiary alicyclic amines) is 1. The molecular formula is C25H33NO5. The number of rotatable bonds is 6. The van der Waals surface area contributed by atoms with Crippen LogP contribution in [0, 0.1) is 26.7 Å². The molecule has 1 aromatic carbocycles. The van der Waals surface area contributed by atoms with Crippen molar-refractivity contribution >= 4 is 28.4 Å². The van der Waals surface area contributed by atoms with E-state index in [9.17, 15) is 9.59 Å². The Hall–Kier alpha value is -2.76. The number of amides is 1. The molecule has 0 spiro atoms. The van der Waals surface area contributed by atoms with E-state index in [4.69, 9.17) is 13.9 Å². The summed E-state index contributed by atoms with van der Waals surface area (Å²) in [5.74, 6) is 1.33. The molecule has 1 fully saturated rings. The van der Waals surface area contributed by atoms with Crippen LogP contribution in [0.5, 0.6) is 5.75 Å². The monoisotopic (exact) mass is 427 g/mol. The van der Waals surface area contributed by atoms with Crippen molar-refractivity contribution in [2.24, 2.45) is 5.92 Å². The maximum Gasteiger partial charge on any atom is 0.309 e. The van der Waals surface area contributed by atoms with E-state index < -0.39 is 0 Å². The number of carbonyl (C=O) groups excluding carboxylic acids is 2. The average molecular weight is 428 g/mol. The molecule has 3 rings (SSSR count). The zero-order chi connectivity index (χ0) is 22.7. The Labute approximate surface area is 184 Å². The molecule has 6 nitrogen and oxygen atoms in total. The third-order valence-electron chi connectivity index (χ3n) is 6.13. The number of piperidine rings is 1. The lowest BCUT2D eigenvalue weighted by Crippen LogP contribution is -2.40.